The van der Waals surface area contributed by atoms with Crippen molar-refractivity contribution >= 4 is 0 Å². The van der Waals surface area contributed by atoms with Gasteiger partial charge in [0.05, 0.1) is 6.10 Å². The van der Waals surface area contributed by atoms with E-state index in [9.17, 15) is 5.11 Å². The lowest BCUT2D eigenvalue weighted by atomic mass is 9.87. The molecular formula is C18H30N2O. The average Bonchev–Trinajstić information content (AvgIpc) is 2.40. The molecule has 0 radical (unpaired) electrons. The first-order valence-corrected chi connectivity index (χ1v) is 8.15. The van der Waals surface area contributed by atoms with Gasteiger partial charge in [-0.1, -0.05) is 43.7 Å². The molecule has 0 aliphatic carbocycles. The molecule has 1 saturated heterocycles. The summed E-state index contributed by atoms with van der Waals surface area (Å²) in [6, 6.07) is 8.97. The van der Waals surface area contributed by atoms with Gasteiger partial charge in [0.15, 0.2) is 0 Å². The summed E-state index contributed by atoms with van der Waals surface area (Å²) in [6.07, 6.45) is 1.70. The van der Waals surface area contributed by atoms with E-state index in [-0.39, 0.29) is 12.1 Å². The Labute approximate surface area is 129 Å². The van der Waals surface area contributed by atoms with Gasteiger partial charge >= 0.3 is 0 Å². The summed E-state index contributed by atoms with van der Waals surface area (Å²) in [5.74, 6) is 0.838. The van der Waals surface area contributed by atoms with Gasteiger partial charge in [-0.25, -0.2) is 0 Å². The first-order chi connectivity index (χ1) is 9.94. The highest BCUT2D eigenvalue weighted by molar-refractivity contribution is 5.21. The molecule has 0 spiro atoms. The summed E-state index contributed by atoms with van der Waals surface area (Å²) < 4.78 is 0. The smallest absolute Gasteiger partial charge is 0.0566 e. The van der Waals surface area contributed by atoms with Crippen LogP contribution in [0.25, 0.3) is 0 Å². The Morgan fingerprint density at radius 2 is 1.90 bits per heavy atom. The quantitative estimate of drug-likeness (QED) is 0.876. The maximum atomic E-state index is 10.1. The number of nitrogens with two attached hydrogens (primary N) is 1. The molecule has 1 aromatic carbocycles. The van der Waals surface area contributed by atoms with Gasteiger partial charge in [-0.2, -0.15) is 0 Å². The molecule has 118 valence electrons. The fraction of sp³-hybridized carbons (Fsp3) is 0.667. The number of benzene rings is 1. The summed E-state index contributed by atoms with van der Waals surface area (Å²) >= 11 is 0. The van der Waals surface area contributed by atoms with Crippen LogP contribution in [0, 0.1) is 18.8 Å². The zero-order valence-electron chi connectivity index (χ0n) is 13.6. The number of aliphatic hydroxyl groups excluding tert-OH is 1. The summed E-state index contributed by atoms with van der Waals surface area (Å²) in [4.78, 5) is 2.44. The van der Waals surface area contributed by atoms with Gasteiger partial charge in [0.1, 0.15) is 0 Å². The standard InChI is InChI=1S/C18H30N2O/c1-13(2)18(21)9-16-8-17(19)12-20(11-16)10-15-6-4-14(3)5-7-15/h4-7,13,16-18,21H,8-12,19H2,1-3H3. The Bertz CT molecular complexity index is 429. The van der Waals surface area contributed by atoms with E-state index in [2.05, 4.69) is 49.9 Å². The maximum Gasteiger partial charge on any atom is 0.0566 e. The van der Waals surface area contributed by atoms with Crippen LogP contribution in [0.4, 0.5) is 0 Å². The number of hydrogen-bond acceptors (Lipinski definition) is 3. The third-order valence-corrected chi connectivity index (χ3v) is 4.52. The number of aryl methyl sites for hydroxylation is 1. The second kappa shape index (κ2) is 7.39. The topological polar surface area (TPSA) is 49.5 Å². The lowest BCUT2D eigenvalue weighted by Crippen LogP contribution is -2.47. The van der Waals surface area contributed by atoms with Crippen molar-refractivity contribution in [2.45, 2.75) is 52.3 Å². The Morgan fingerprint density at radius 1 is 1.24 bits per heavy atom. The molecular weight excluding hydrogens is 260 g/mol. The predicted molar refractivity (Wildman–Crippen MR) is 88.0 cm³/mol. The molecule has 3 heteroatoms. The van der Waals surface area contributed by atoms with Crippen LogP contribution in [-0.2, 0) is 6.54 Å². The first kappa shape index (κ1) is 16.5. The van der Waals surface area contributed by atoms with E-state index < -0.39 is 0 Å². The molecule has 1 aromatic rings. The predicted octanol–water partition coefficient (Wildman–Crippen LogP) is 2.55. The average molecular weight is 290 g/mol. The lowest BCUT2D eigenvalue weighted by Gasteiger charge is -2.37. The SMILES string of the molecule is Cc1ccc(CN2CC(N)CC(CC(O)C(C)C)C2)cc1. The minimum Gasteiger partial charge on any atom is -0.393 e. The van der Waals surface area contributed by atoms with E-state index in [1.807, 2.05) is 0 Å². The Balaban J connectivity index is 1.92. The van der Waals surface area contributed by atoms with Crippen molar-refractivity contribution in [3.63, 3.8) is 0 Å². The van der Waals surface area contributed by atoms with Crippen LogP contribution in [-0.4, -0.2) is 35.2 Å². The van der Waals surface area contributed by atoms with E-state index in [4.69, 9.17) is 5.73 Å². The second-order valence-electron chi connectivity index (χ2n) is 7.09. The van der Waals surface area contributed by atoms with Gasteiger partial charge in [-0.15, -0.1) is 0 Å². The molecule has 0 bridgehead atoms. The molecule has 3 N–H and O–H groups in total. The largest absolute Gasteiger partial charge is 0.393 e. The van der Waals surface area contributed by atoms with Crippen LogP contribution in [0.1, 0.15) is 37.8 Å². The molecule has 3 unspecified atom stereocenters. The Hall–Kier alpha value is -0.900. The van der Waals surface area contributed by atoms with Crippen molar-refractivity contribution in [1.82, 2.24) is 4.90 Å². The molecule has 1 fully saturated rings. The van der Waals surface area contributed by atoms with Crippen molar-refractivity contribution in [1.29, 1.82) is 0 Å². The molecule has 21 heavy (non-hydrogen) atoms. The molecule has 0 aromatic heterocycles. The number of piperidine rings is 1. The zero-order valence-corrected chi connectivity index (χ0v) is 13.6. The van der Waals surface area contributed by atoms with E-state index >= 15 is 0 Å². The van der Waals surface area contributed by atoms with Gasteiger partial charge < -0.3 is 10.8 Å². The normalized spacial score (nSPS) is 25.2. The molecule has 1 aliphatic heterocycles. The van der Waals surface area contributed by atoms with Crippen molar-refractivity contribution in [3.05, 3.63) is 35.4 Å². The fourth-order valence-corrected chi connectivity index (χ4v) is 3.21. The second-order valence-corrected chi connectivity index (χ2v) is 7.09. The number of rotatable bonds is 5. The van der Waals surface area contributed by atoms with Gasteiger partial charge in [0.2, 0.25) is 0 Å². The van der Waals surface area contributed by atoms with Gasteiger partial charge in [-0.05, 0) is 37.2 Å². The highest BCUT2D eigenvalue weighted by Crippen LogP contribution is 2.24. The molecule has 3 nitrogen and oxygen atoms in total. The maximum absolute atomic E-state index is 10.1. The summed E-state index contributed by atoms with van der Waals surface area (Å²) in [5.41, 5.74) is 8.87. The minimum absolute atomic E-state index is 0.207. The van der Waals surface area contributed by atoms with E-state index in [1.165, 1.54) is 11.1 Å². The van der Waals surface area contributed by atoms with Crippen LogP contribution < -0.4 is 5.73 Å². The van der Waals surface area contributed by atoms with Crippen molar-refractivity contribution in [2.24, 2.45) is 17.6 Å². The Kier molecular flexibility index (Phi) is 5.80. The third-order valence-electron chi connectivity index (χ3n) is 4.52. The molecule has 1 heterocycles. The van der Waals surface area contributed by atoms with E-state index in [0.717, 1.165) is 32.5 Å². The van der Waals surface area contributed by atoms with Crippen LogP contribution in [0.5, 0.6) is 0 Å². The Morgan fingerprint density at radius 3 is 2.52 bits per heavy atom. The summed E-state index contributed by atoms with van der Waals surface area (Å²) in [7, 11) is 0. The van der Waals surface area contributed by atoms with Crippen LogP contribution in [0.2, 0.25) is 0 Å². The van der Waals surface area contributed by atoms with Crippen LogP contribution >= 0.6 is 0 Å². The van der Waals surface area contributed by atoms with Gasteiger partial charge in [0.25, 0.3) is 0 Å². The highest BCUT2D eigenvalue weighted by Gasteiger charge is 2.27. The van der Waals surface area contributed by atoms with E-state index in [0.29, 0.717) is 11.8 Å². The molecule has 1 aliphatic rings. The highest BCUT2D eigenvalue weighted by atomic mass is 16.3. The first-order valence-electron chi connectivity index (χ1n) is 8.15. The van der Waals surface area contributed by atoms with Crippen LogP contribution in [0.3, 0.4) is 0 Å². The lowest BCUT2D eigenvalue weighted by molar-refractivity contribution is 0.0642. The molecule has 0 amide bonds. The number of nitrogens with zero attached hydrogens (tertiary/aromatic N) is 1. The molecule has 2 rings (SSSR count). The minimum atomic E-state index is -0.207. The number of aliphatic hydroxyl groups is 1. The number of hydrogen-bond donors (Lipinski definition) is 2. The van der Waals surface area contributed by atoms with Crippen molar-refractivity contribution in [3.8, 4) is 0 Å². The summed E-state index contributed by atoms with van der Waals surface area (Å²) in [6.45, 7) is 9.24. The van der Waals surface area contributed by atoms with Crippen LogP contribution in [0.15, 0.2) is 24.3 Å². The number of likely N-dealkylation sites (tertiary alicyclic amines) is 1. The van der Waals surface area contributed by atoms with Crippen molar-refractivity contribution in [2.75, 3.05) is 13.1 Å². The zero-order chi connectivity index (χ0) is 15.4. The van der Waals surface area contributed by atoms with Gasteiger partial charge in [0, 0.05) is 25.7 Å². The monoisotopic (exact) mass is 290 g/mol. The van der Waals surface area contributed by atoms with Gasteiger partial charge in [-0.3, -0.25) is 4.90 Å². The summed E-state index contributed by atoms with van der Waals surface area (Å²) in [5, 5.41) is 10.1. The molecule has 3 atom stereocenters. The third kappa shape index (κ3) is 5.10. The molecule has 0 saturated carbocycles. The fourth-order valence-electron chi connectivity index (χ4n) is 3.21. The van der Waals surface area contributed by atoms with E-state index in [1.54, 1.807) is 0 Å². The van der Waals surface area contributed by atoms with Crippen molar-refractivity contribution < 1.29 is 5.11 Å².